The molecular weight excluding hydrogens is 258 g/mol. The Morgan fingerprint density at radius 1 is 1.26 bits per heavy atom. The van der Waals surface area contributed by atoms with Crippen LogP contribution >= 0.6 is 11.3 Å². The monoisotopic (exact) mass is 273 g/mol. The Labute approximate surface area is 116 Å². The van der Waals surface area contributed by atoms with E-state index >= 15 is 0 Å². The molecule has 0 radical (unpaired) electrons. The molecular formula is C14H15N3OS. The second-order valence-electron chi connectivity index (χ2n) is 4.33. The van der Waals surface area contributed by atoms with E-state index in [-0.39, 0.29) is 5.91 Å². The van der Waals surface area contributed by atoms with Gasteiger partial charge < -0.3 is 0 Å². The molecule has 19 heavy (non-hydrogen) atoms. The van der Waals surface area contributed by atoms with Gasteiger partial charge in [0.2, 0.25) is 11.0 Å². The highest BCUT2D eigenvalue weighted by Gasteiger charge is 2.08. The van der Waals surface area contributed by atoms with Crippen molar-refractivity contribution < 1.29 is 4.79 Å². The van der Waals surface area contributed by atoms with E-state index in [0.717, 1.165) is 10.6 Å². The van der Waals surface area contributed by atoms with E-state index in [4.69, 9.17) is 0 Å². The van der Waals surface area contributed by atoms with Gasteiger partial charge in [0, 0.05) is 12.0 Å². The summed E-state index contributed by atoms with van der Waals surface area (Å²) < 4.78 is 0. The van der Waals surface area contributed by atoms with Crippen LogP contribution in [0.2, 0.25) is 0 Å². The van der Waals surface area contributed by atoms with Crippen molar-refractivity contribution in [2.24, 2.45) is 0 Å². The molecule has 0 fully saturated rings. The highest BCUT2D eigenvalue weighted by molar-refractivity contribution is 7.15. The highest BCUT2D eigenvalue weighted by atomic mass is 32.1. The molecule has 2 rings (SSSR count). The molecule has 1 aromatic carbocycles. The van der Waals surface area contributed by atoms with E-state index in [1.165, 1.54) is 17.4 Å². The van der Waals surface area contributed by atoms with Gasteiger partial charge in [-0.05, 0) is 11.6 Å². The van der Waals surface area contributed by atoms with Crippen molar-refractivity contribution in [3.8, 4) is 0 Å². The van der Waals surface area contributed by atoms with Crippen molar-refractivity contribution in [3.63, 3.8) is 0 Å². The van der Waals surface area contributed by atoms with Crippen LogP contribution in [-0.2, 0) is 4.79 Å². The number of anilines is 1. The number of hydrogen-bond donors (Lipinski definition) is 1. The van der Waals surface area contributed by atoms with Gasteiger partial charge in [-0.25, -0.2) is 0 Å². The maximum atomic E-state index is 11.7. The number of carbonyl (C=O) groups excluding carboxylic acids is 1. The molecule has 0 unspecified atom stereocenters. The fourth-order valence-electron chi connectivity index (χ4n) is 1.40. The van der Waals surface area contributed by atoms with Gasteiger partial charge >= 0.3 is 0 Å². The van der Waals surface area contributed by atoms with Crippen molar-refractivity contribution >= 4 is 28.5 Å². The lowest BCUT2D eigenvalue weighted by Crippen LogP contribution is -2.07. The van der Waals surface area contributed by atoms with Crippen molar-refractivity contribution in [1.82, 2.24) is 10.2 Å². The van der Waals surface area contributed by atoms with Crippen molar-refractivity contribution in [1.29, 1.82) is 0 Å². The molecule has 0 aliphatic heterocycles. The van der Waals surface area contributed by atoms with E-state index in [1.807, 2.05) is 44.2 Å². The SMILES string of the molecule is CC(C)c1nnc(NC(=O)C=Cc2ccccc2)s1. The Morgan fingerprint density at radius 3 is 2.63 bits per heavy atom. The quantitative estimate of drug-likeness (QED) is 0.869. The lowest BCUT2D eigenvalue weighted by atomic mass is 10.2. The molecule has 0 aliphatic carbocycles. The number of hydrogen-bond acceptors (Lipinski definition) is 4. The zero-order chi connectivity index (χ0) is 13.7. The Balaban J connectivity index is 1.95. The van der Waals surface area contributed by atoms with E-state index < -0.39 is 0 Å². The third-order valence-electron chi connectivity index (χ3n) is 2.39. The number of aromatic nitrogens is 2. The maximum Gasteiger partial charge on any atom is 0.250 e. The molecule has 98 valence electrons. The molecule has 0 bridgehead atoms. The van der Waals surface area contributed by atoms with Gasteiger partial charge in [0.25, 0.3) is 0 Å². The maximum absolute atomic E-state index is 11.7. The van der Waals surface area contributed by atoms with Crippen LogP contribution in [0, 0.1) is 0 Å². The van der Waals surface area contributed by atoms with Gasteiger partial charge in [-0.2, -0.15) is 0 Å². The van der Waals surface area contributed by atoms with E-state index in [2.05, 4.69) is 15.5 Å². The zero-order valence-corrected chi connectivity index (χ0v) is 11.6. The van der Waals surface area contributed by atoms with E-state index in [1.54, 1.807) is 6.08 Å². The summed E-state index contributed by atoms with van der Waals surface area (Å²) >= 11 is 1.40. The number of carbonyl (C=O) groups is 1. The fourth-order valence-corrected chi connectivity index (χ4v) is 2.15. The Kier molecular flexibility index (Phi) is 4.41. The number of nitrogens with zero attached hydrogens (tertiary/aromatic N) is 2. The molecule has 2 aromatic rings. The molecule has 1 amide bonds. The standard InChI is InChI=1S/C14H15N3OS/c1-10(2)13-16-17-14(19-13)15-12(18)9-8-11-6-4-3-5-7-11/h3-10H,1-2H3,(H,15,17,18). The minimum atomic E-state index is -0.199. The Bertz CT molecular complexity index is 575. The largest absolute Gasteiger partial charge is 0.297 e. The van der Waals surface area contributed by atoms with Crippen molar-refractivity contribution in [2.75, 3.05) is 5.32 Å². The summed E-state index contributed by atoms with van der Waals surface area (Å²) in [7, 11) is 0. The van der Waals surface area contributed by atoms with Crippen LogP contribution in [0.15, 0.2) is 36.4 Å². The van der Waals surface area contributed by atoms with Crippen molar-refractivity contribution in [3.05, 3.63) is 47.0 Å². The first-order chi connectivity index (χ1) is 9.15. The van der Waals surface area contributed by atoms with Crippen LogP contribution in [0.5, 0.6) is 0 Å². The molecule has 0 spiro atoms. The normalized spacial score (nSPS) is 11.1. The number of rotatable bonds is 4. The minimum absolute atomic E-state index is 0.199. The topological polar surface area (TPSA) is 54.9 Å². The van der Waals surface area contributed by atoms with Crippen LogP contribution in [0.4, 0.5) is 5.13 Å². The molecule has 0 saturated heterocycles. The van der Waals surface area contributed by atoms with Crippen LogP contribution in [0.1, 0.15) is 30.3 Å². The molecule has 5 heteroatoms. The smallest absolute Gasteiger partial charge is 0.250 e. The zero-order valence-electron chi connectivity index (χ0n) is 10.8. The fraction of sp³-hybridized carbons (Fsp3) is 0.214. The van der Waals surface area contributed by atoms with Crippen LogP contribution in [-0.4, -0.2) is 16.1 Å². The van der Waals surface area contributed by atoms with E-state index in [0.29, 0.717) is 11.0 Å². The molecule has 1 aromatic heterocycles. The summed E-state index contributed by atoms with van der Waals surface area (Å²) in [6.45, 7) is 4.09. The number of nitrogens with one attached hydrogen (secondary N) is 1. The minimum Gasteiger partial charge on any atom is -0.297 e. The molecule has 1 heterocycles. The van der Waals surface area contributed by atoms with Gasteiger partial charge in [-0.3, -0.25) is 10.1 Å². The van der Waals surface area contributed by atoms with Crippen LogP contribution < -0.4 is 5.32 Å². The molecule has 0 aliphatic rings. The summed E-state index contributed by atoms with van der Waals surface area (Å²) in [5, 5.41) is 12.1. The first-order valence-corrected chi connectivity index (χ1v) is 6.84. The second-order valence-corrected chi connectivity index (χ2v) is 5.34. The second kappa shape index (κ2) is 6.24. The molecule has 4 nitrogen and oxygen atoms in total. The lowest BCUT2D eigenvalue weighted by Gasteiger charge is -1.96. The molecule has 0 saturated carbocycles. The van der Waals surface area contributed by atoms with Crippen molar-refractivity contribution in [2.45, 2.75) is 19.8 Å². The summed E-state index contributed by atoms with van der Waals surface area (Å²) in [6, 6.07) is 9.66. The van der Waals surface area contributed by atoms with Gasteiger partial charge in [0.15, 0.2) is 0 Å². The first-order valence-electron chi connectivity index (χ1n) is 6.02. The van der Waals surface area contributed by atoms with Gasteiger partial charge in [-0.15, -0.1) is 10.2 Å². The predicted molar refractivity (Wildman–Crippen MR) is 78.1 cm³/mol. The third kappa shape index (κ3) is 3.99. The predicted octanol–water partition coefficient (Wildman–Crippen LogP) is 3.31. The lowest BCUT2D eigenvalue weighted by molar-refractivity contribution is -0.111. The Hall–Kier alpha value is -2.01. The average molecular weight is 273 g/mol. The average Bonchev–Trinajstić information content (AvgIpc) is 2.86. The number of benzene rings is 1. The van der Waals surface area contributed by atoms with Gasteiger partial charge in [0.05, 0.1) is 0 Å². The summed E-state index contributed by atoms with van der Waals surface area (Å²) in [4.78, 5) is 11.7. The van der Waals surface area contributed by atoms with E-state index in [9.17, 15) is 4.79 Å². The van der Waals surface area contributed by atoms with Crippen LogP contribution in [0.25, 0.3) is 6.08 Å². The summed E-state index contributed by atoms with van der Waals surface area (Å²) in [5.41, 5.74) is 0.984. The summed E-state index contributed by atoms with van der Waals surface area (Å²) in [5.74, 6) is 0.123. The van der Waals surface area contributed by atoms with Crippen LogP contribution in [0.3, 0.4) is 0 Å². The first kappa shape index (κ1) is 13.4. The molecule has 1 N–H and O–H groups in total. The summed E-state index contributed by atoms with van der Waals surface area (Å²) in [6.07, 6.45) is 3.26. The highest BCUT2D eigenvalue weighted by Crippen LogP contribution is 2.22. The Morgan fingerprint density at radius 2 is 2.00 bits per heavy atom. The van der Waals surface area contributed by atoms with Gasteiger partial charge in [-0.1, -0.05) is 55.5 Å². The third-order valence-corrected chi connectivity index (χ3v) is 3.53. The molecule has 0 atom stereocenters. The number of amides is 1. The van der Waals surface area contributed by atoms with Gasteiger partial charge in [0.1, 0.15) is 5.01 Å².